The minimum Gasteiger partial charge on any atom is -0.394 e. The summed E-state index contributed by atoms with van der Waals surface area (Å²) in [4.78, 5) is 13.6. The molecule has 2 aromatic rings. The molecule has 2 aromatic heterocycles. The number of rotatable bonds is 6. The van der Waals surface area contributed by atoms with Gasteiger partial charge < -0.3 is 25.4 Å². The molecule has 10 heteroatoms. The van der Waals surface area contributed by atoms with Crippen molar-refractivity contribution in [2.75, 3.05) is 24.7 Å². The second-order valence-corrected chi connectivity index (χ2v) is 8.27. The Kier molecular flexibility index (Phi) is 6.02. The van der Waals surface area contributed by atoms with Crippen LogP contribution in [0.25, 0.3) is 11.2 Å². The molecule has 9 nitrogen and oxygen atoms in total. The van der Waals surface area contributed by atoms with Crippen molar-refractivity contribution in [1.82, 2.24) is 19.5 Å². The molecule has 4 rings (SSSR count). The molecule has 1 saturated heterocycles. The molecule has 28 heavy (non-hydrogen) atoms. The third-order valence-electron chi connectivity index (χ3n) is 5.66. The summed E-state index contributed by atoms with van der Waals surface area (Å²) in [6, 6.07) is 0. The number of imidazole rings is 1. The summed E-state index contributed by atoms with van der Waals surface area (Å²) in [6.45, 7) is 0.473. The zero-order valence-electron chi connectivity index (χ0n) is 15.9. The van der Waals surface area contributed by atoms with E-state index in [1.165, 1.54) is 50.2 Å². The predicted octanol–water partition coefficient (Wildman–Crippen LogP) is 1.15. The van der Waals surface area contributed by atoms with Gasteiger partial charge in [0.1, 0.15) is 18.3 Å². The molecule has 1 aliphatic carbocycles. The molecule has 154 valence electrons. The first-order valence-corrected chi connectivity index (χ1v) is 11.0. The predicted molar refractivity (Wildman–Crippen MR) is 105 cm³/mol. The van der Waals surface area contributed by atoms with E-state index in [2.05, 4.69) is 20.3 Å². The smallest absolute Gasteiger partial charge is 0.191 e. The number of nitrogens with zero attached hydrogens (tertiary/aromatic N) is 4. The Bertz CT molecular complexity index is 813. The van der Waals surface area contributed by atoms with Gasteiger partial charge in [0.05, 0.1) is 12.9 Å². The van der Waals surface area contributed by atoms with Crippen LogP contribution in [0.3, 0.4) is 0 Å². The average Bonchev–Trinajstić information content (AvgIpc) is 3.28. The van der Waals surface area contributed by atoms with Crippen LogP contribution in [-0.4, -0.2) is 72.6 Å². The Hall–Kier alpha value is -1.46. The highest BCUT2D eigenvalue weighted by Crippen LogP contribution is 2.33. The van der Waals surface area contributed by atoms with Gasteiger partial charge in [-0.2, -0.15) is 0 Å². The molecule has 4 atom stereocenters. The summed E-state index contributed by atoms with van der Waals surface area (Å²) in [6.07, 6.45) is 5.72. The molecule has 0 radical (unpaired) electrons. The average molecular weight is 410 g/mol. The highest BCUT2D eigenvalue weighted by Gasteiger charge is 2.44. The number of hydrogen-bond donors (Lipinski definition) is 4. The first-order valence-electron chi connectivity index (χ1n) is 9.77. The molecule has 0 spiro atoms. The van der Waals surface area contributed by atoms with Crippen molar-refractivity contribution in [3.8, 4) is 0 Å². The van der Waals surface area contributed by atoms with Gasteiger partial charge in [-0.3, -0.25) is 4.57 Å². The largest absolute Gasteiger partial charge is 0.394 e. The van der Waals surface area contributed by atoms with E-state index in [0.717, 1.165) is 6.54 Å². The molecule has 4 N–H and O–H groups in total. The fraction of sp³-hybridized carbons (Fsp3) is 0.722. The Morgan fingerprint density at radius 2 is 2.00 bits per heavy atom. The molecule has 0 amide bonds. The molecule has 0 bridgehead atoms. The number of hydrogen-bond acceptors (Lipinski definition) is 9. The number of ether oxygens (including phenoxy) is 1. The van der Waals surface area contributed by atoms with Crippen molar-refractivity contribution in [2.45, 2.75) is 61.8 Å². The lowest BCUT2D eigenvalue weighted by molar-refractivity contribution is -0.0511. The second kappa shape index (κ2) is 8.50. The summed E-state index contributed by atoms with van der Waals surface area (Å²) in [7, 11) is 0. The van der Waals surface area contributed by atoms with Gasteiger partial charge in [0.15, 0.2) is 28.4 Å². The van der Waals surface area contributed by atoms with Crippen LogP contribution in [-0.2, 0) is 4.74 Å². The first kappa shape index (κ1) is 19.8. The Labute approximate surface area is 167 Å². The first-order chi connectivity index (χ1) is 13.6. The van der Waals surface area contributed by atoms with Crippen LogP contribution in [0, 0.1) is 5.92 Å². The number of fused-ring (bicyclic) bond motifs is 1. The number of aromatic nitrogens is 4. The summed E-state index contributed by atoms with van der Waals surface area (Å²) in [5, 5.41) is 33.8. The SMILES string of the molecule is CSc1nc(NCC2CCCCC2)c2ncn(C3O[C@H](CO)[C@@H](O)[C@H]3O)c2n1. The van der Waals surface area contributed by atoms with E-state index in [-0.39, 0.29) is 6.61 Å². The second-order valence-electron chi connectivity index (χ2n) is 7.50. The van der Waals surface area contributed by atoms with Crippen LogP contribution in [0.4, 0.5) is 5.82 Å². The molecule has 3 heterocycles. The summed E-state index contributed by atoms with van der Waals surface area (Å²) in [5.41, 5.74) is 1.13. The van der Waals surface area contributed by atoms with E-state index in [0.29, 0.717) is 28.1 Å². The molecule has 1 unspecified atom stereocenters. The molecule has 0 aromatic carbocycles. The molecular weight excluding hydrogens is 382 g/mol. The minimum atomic E-state index is -1.18. The topological polar surface area (TPSA) is 126 Å². The normalized spacial score (nSPS) is 28.9. The summed E-state index contributed by atoms with van der Waals surface area (Å²) in [5.74, 6) is 1.31. The highest BCUT2D eigenvalue weighted by atomic mass is 32.2. The fourth-order valence-corrected chi connectivity index (χ4v) is 4.40. The van der Waals surface area contributed by atoms with Gasteiger partial charge in [-0.1, -0.05) is 31.0 Å². The van der Waals surface area contributed by atoms with Crippen LogP contribution in [0.5, 0.6) is 0 Å². The van der Waals surface area contributed by atoms with Gasteiger partial charge in [0, 0.05) is 6.54 Å². The van der Waals surface area contributed by atoms with E-state index in [1.807, 2.05) is 6.26 Å². The third-order valence-corrected chi connectivity index (χ3v) is 6.21. The van der Waals surface area contributed by atoms with Crippen LogP contribution in [0.2, 0.25) is 0 Å². The van der Waals surface area contributed by atoms with E-state index in [4.69, 9.17) is 4.74 Å². The third kappa shape index (κ3) is 3.71. The van der Waals surface area contributed by atoms with Crippen LogP contribution in [0.15, 0.2) is 11.5 Å². The quantitative estimate of drug-likeness (QED) is 0.411. The highest BCUT2D eigenvalue weighted by molar-refractivity contribution is 7.98. The standard InChI is InChI=1S/C18H27N5O4S/c1-28-18-21-15(19-7-10-5-3-2-4-6-10)12-16(22-18)23(9-20-12)17-14(26)13(25)11(8-24)27-17/h9-11,13-14,17,24-26H,2-8H2,1H3,(H,19,21,22)/t11-,13-,14-,17?/m1/s1. The Balaban J connectivity index is 1.63. The number of aliphatic hydroxyl groups is 3. The van der Waals surface area contributed by atoms with Gasteiger partial charge in [-0.25, -0.2) is 15.0 Å². The van der Waals surface area contributed by atoms with Gasteiger partial charge in [-0.05, 0) is 25.0 Å². The monoisotopic (exact) mass is 409 g/mol. The van der Waals surface area contributed by atoms with Gasteiger partial charge in [-0.15, -0.1) is 0 Å². The number of nitrogens with one attached hydrogen (secondary N) is 1. The zero-order valence-corrected chi connectivity index (χ0v) is 16.7. The van der Waals surface area contributed by atoms with Gasteiger partial charge in [0.2, 0.25) is 0 Å². The van der Waals surface area contributed by atoms with Crippen molar-refractivity contribution in [3.05, 3.63) is 6.33 Å². The van der Waals surface area contributed by atoms with Crippen LogP contribution in [0.1, 0.15) is 38.3 Å². The van der Waals surface area contributed by atoms with Gasteiger partial charge in [0.25, 0.3) is 0 Å². The lowest BCUT2D eigenvalue weighted by Gasteiger charge is -2.22. The Morgan fingerprint density at radius 3 is 2.68 bits per heavy atom. The molecule has 2 aliphatic rings. The van der Waals surface area contributed by atoms with E-state index < -0.39 is 24.5 Å². The molecule has 2 fully saturated rings. The van der Waals surface area contributed by atoms with Crippen molar-refractivity contribution >= 4 is 28.7 Å². The van der Waals surface area contributed by atoms with Gasteiger partial charge >= 0.3 is 0 Å². The van der Waals surface area contributed by atoms with E-state index >= 15 is 0 Å². The number of aliphatic hydroxyl groups excluding tert-OH is 3. The summed E-state index contributed by atoms with van der Waals surface area (Å²) >= 11 is 1.42. The maximum absolute atomic E-state index is 10.4. The van der Waals surface area contributed by atoms with Crippen LogP contribution < -0.4 is 5.32 Å². The van der Waals surface area contributed by atoms with Crippen molar-refractivity contribution in [1.29, 1.82) is 0 Å². The molecule has 1 saturated carbocycles. The Morgan fingerprint density at radius 1 is 1.21 bits per heavy atom. The summed E-state index contributed by atoms with van der Waals surface area (Å²) < 4.78 is 7.24. The van der Waals surface area contributed by atoms with E-state index in [1.54, 1.807) is 4.57 Å². The fourth-order valence-electron chi connectivity index (χ4n) is 4.04. The maximum atomic E-state index is 10.4. The molecular formula is C18H27N5O4S. The minimum absolute atomic E-state index is 0.374. The van der Waals surface area contributed by atoms with Crippen LogP contribution >= 0.6 is 11.8 Å². The van der Waals surface area contributed by atoms with Crippen molar-refractivity contribution in [3.63, 3.8) is 0 Å². The van der Waals surface area contributed by atoms with E-state index in [9.17, 15) is 15.3 Å². The maximum Gasteiger partial charge on any atom is 0.191 e. The van der Waals surface area contributed by atoms with Crippen molar-refractivity contribution < 1.29 is 20.1 Å². The number of anilines is 1. The zero-order chi connectivity index (χ0) is 19.7. The number of thioether (sulfide) groups is 1. The lowest BCUT2D eigenvalue weighted by atomic mass is 9.89. The van der Waals surface area contributed by atoms with Crippen molar-refractivity contribution in [2.24, 2.45) is 5.92 Å². The lowest BCUT2D eigenvalue weighted by Crippen LogP contribution is -2.33. The molecule has 1 aliphatic heterocycles.